The molecule has 2 heterocycles. The number of hydrogen-bond donors (Lipinski definition) is 1. The maximum Gasteiger partial charge on any atom is 0.284 e. The molecule has 0 spiro atoms. The number of aromatic nitrogens is 1. The van der Waals surface area contributed by atoms with E-state index in [0.29, 0.717) is 28.5 Å². The maximum atomic E-state index is 12.9. The van der Waals surface area contributed by atoms with E-state index in [-0.39, 0.29) is 10.8 Å². The van der Waals surface area contributed by atoms with Gasteiger partial charge in [-0.2, -0.15) is 8.42 Å². The normalized spacial score (nSPS) is 16.5. The van der Waals surface area contributed by atoms with Crippen LogP contribution < -0.4 is 5.32 Å². The average molecular weight is 449 g/mol. The van der Waals surface area contributed by atoms with Crippen molar-refractivity contribution >= 4 is 38.8 Å². The lowest BCUT2D eigenvalue weighted by Crippen LogP contribution is -2.26. The molecule has 0 atom stereocenters. The summed E-state index contributed by atoms with van der Waals surface area (Å²) in [4.78, 5) is 19.7. The molecule has 2 aromatic rings. The minimum absolute atomic E-state index is 0.0677. The summed E-state index contributed by atoms with van der Waals surface area (Å²) in [5.74, 6) is 0.308. The van der Waals surface area contributed by atoms with Gasteiger partial charge in [0.15, 0.2) is 0 Å². The third-order valence-corrected chi connectivity index (χ3v) is 7.48. The van der Waals surface area contributed by atoms with Crippen LogP contribution >= 0.6 is 11.3 Å². The minimum atomic E-state index is -3.86. The fourth-order valence-electron chi connectivity index (χ4n) is 3.34. The maximum absolute atomic E-state index is 12.9. The number of aryl methyl sites for hydroxylation is 2. The Morgan fingerprint density at radius 2 is 2.10 bits per heavy atom. The van der Waals surface area contributed by atoms with Crippen LogP contribution in [0.1, 0.15) is 59.4 Å². The summed E-state index contributed by atoms with van der Waals surface area (Å²) >= 11 is 1.38. The van der Waals surface area contributed by atoms with Crippen LogP contribution in [0.3, 0.4) is 0 Å². The van der Waals surface area contributed by atoms with Crippen molar-refractivity contribution in [3.63, 3.8) is 0 Å². The van der Waals surface area contributed by atoms with Gasteiger partial charge in [0.2, 0.25) is 0 Å². The molecule has 7 nitrogen and oxygen atoms in total. The number of carbonyl (C=O) groups is 1. The number of nitrogens with one attached hydrogen (secondary N) is 1. The molecule has 162 valence electrons. The van der Waals surface area contributed by atoms with Crippen LogP contribution in [0.5, 0.6) is 0 Å². The summed E-state index contributed by atoms with van der Waals surface area (Å²) in [6.07, 6.45) is 5.49. The van der Waals surface area contributed by atoms with Gasteiger partial charge in [-0.1, -0.05) is 19.4 Å². The van der Waals surface area contributed by atoms with Gasteiger partial charge in [0.25, 0.3) is 15.9 Å². The van der Waals surface area contributed by atoms with E-state index in [9.17, 15) is 13.2 Å². The summed E-state index contributed by atoms with van der Waals surface area (Å²) in [7, 11) is -1.98. The summed E-state index contributed by atoms with van der Waals surface area (Å²) in [5, 5.41) is 3.73. The molecule has 0 bridgehead atoms. The summed E-state index contributed by atoms with van der Waals surface area (Å²) in [6.45, 7) is 4.68. The first-order valence-electron chi connectivity index (χ1n) is 10.2. The van der Waals surface area contributed by atoms with E-state index in [2.05, 4.69) is 21.6 Å². The number of hydrogen-bond acceptors (Lipinski definition) is 5. The second-order valence-electron chi connectivity index (χ2n) is 7.47. The average Bonchev–Trinajstić information content (AvgIpc) is 2.95. The number of benzene rings is 1. The quantitative estimate of drug-likeness (QED) is 0.713. The second-order valence-corrected chi connectivity index (χ2v) is 10.2. The predicted octanol–water partition coefficient (Wildman–Crippen LogP) is 4.25. The lowest BCUT2D eigenvalue weighted by Gasteiger charge is -2.17. The predicted molar refractivity (Wildman–Crippen MR) is 121 cm³/mol. The second kappa shape index (κ2) is 9.70. The van der Waals surface area contributed by atoms with Gasteiger partial charge in [0.1, 0.15) is 10.7 Å². The smallest absolute Gasteiger partial charge is 0.284 e. The zero-order chi connectivity index (χ0) is 21.7. The van der Waals surface area contributed by atoms with Crippen LogP contribution in [0, 0.1) is 6.92 Å². The van der Waals surface area contributed by atoms with E-state index < -0.39 is 10.0 Å². The van der Waals surface area contributed by atoms with E-state index in [0.717, 1.165) is 43.7 Å². The Bertz CT molecular complexity index is 1040. The lowest BCUT2D eigenvalue weighted by molar-refractivity contribution is 0.102. The fraction of sp³-hybridized carbons (Fsp3) is 0.476. The van der Waals surface area contributed by atoms with Gasteiger partial charge in [0, 0.05) is 25.7 Å². The van der Waals surface area contributed by atoms with E-state index in [1.807, 2.05) is 18.9 Å². The summed E-state index contributed by atoms with van der Waals surface area (Å²) < 4.78 is 29.8. The van der Waals surface area contributed by atoms with Crippen molar-refractivity contribution in [3.8, 4) is 0 Å². The van der Waals surface area contributed by atoms with Crippen LogP contribution in [0.15, 0.2) is 33.6 Å². The van der Waals surface area contributed by atoms with Gasteiger partial charge in [-0.15, -0.1) is 15.7 Å². The molecule has 3 rings (SSSR count). The first-order chi connectivity index (χ1) is 14.3. The van der Waals surface area contributed by atoms with Crippen molar-refractivity contribution in [1.29, 1.82) is 0 Å². The topological polar surface area (TPSA) is 91.7 Å². The van der Waals surface area contributed by atoms with Crippen LogP contribution in [0.25, 0.3) is 0 Å². The molecule has 1 N–H and O–H groups in total. The molecular weight excluding hydrogens is 420 g/mol. The molecule has 0 saturated carbocycles. The highest BCUT2D eigenvalue weighted by molar-refractivity contribution is 7.90. The van der Waals surface area contributed by atoms with E-state index >= 15 is 0 Å². The summed E-state index contributed by atoms with van der Waals surface area (Å²) in [6, 6.07) is 6.24. The van der Waals surface area contributed by atoms with Gasteiger partial charge < -0.3 is 10.2 Å². The molecule has 9 heteroatoms. The number of rotatable bonds is 6. The Morgan fingerprint density at radius 1 is 1.30 bits per heavy atom. The standard InChI is InChI=1S/C21H28N4O3S2/c1-4-9-19-22-15(2)20(29-19)21(26)23-16-10-8-11-17(14-16)30(27,28)24-18-12-6-5-7-13-25(18)3/h8,10-11,14H,4-7,9,12-13H2,1-3H3,(H,23,26)/b24-18-. The number of sulfonamides is 1. The number of amidine groups is 1. The molecule has 1 aromatic heterocycles. The minimum Gasteiger partial charge on any atom is -0.362 e. The van der Waals surface area contributed by atoms with Gasteiger partial charge in [-0.05, 0) is 50.8 Å². The zero-order valence-electron chi connectivity index (χ0n) is 17.6. The Balaban J connectivity index is 1.81. The molecule has 1 amide bonds. The Labute approximate surface area is 182 Å². The highest BCUT2D eigenvalue weighted by Gasteiger charge is 2.20. The van der Waals surface area contributed by atoms with Crippen LogP contribution in [-0.2, 0) is 16.4 Å². The summed E-state index contributed by atoms with van der Waals surface area (Å²) in [5.41, 5.74) is 1.10. The first-order valence-corrected chi connectivity index (χ1v) is 12.5. The van der Waals surface area contributed by atoms with Gasteiger partial charge in [-0.3, -0.25) is 4.79 Å². The fourth-order valence-corrected chi connectivity index (χ4v) is 5.54. The van der Waals surface area contributed by atoms with Crippen molar-refractivity contribution in [2.75, 3.05) is 18.9 Å². The SMILES string of the molecule is CCCc1nc(C)c(C(=O)Nc2cccc(S(=O)(=O)/N=C3/CCCCCN3C)c2)s1. The molecule has 0 unspecified atom stereocenters. The third kappa shape index (κ3) is 5.46. The molecule has 1 aliphatic heterocycles. The molecule has 1 fully saturated rings. The molecule has 30 heavy (non-hydrogen) atoms. The number of amides is 1. The number of anilines is 1. The highest BCUT2D eigenvalue weighted by atomic mass is 32.2. The van der Waals surface area contributed by atoms with Crippen molar-refractivity contribution in [3.05, 3.63) is 39.8 Å². The highest BCUT2D eigenvalue weighted by Crippen LogP contribution is 2.23. The molecule has 1 saturated heterocycles. The molecular formula is C21H28N4O3S2. The Kier molecular flexibility index (Phi) is 7.25. The van der Waals surface area contributed by atoms with Crippen LogP contribution in [0.4, 0.5) is 5.69 Å². The first kappa shape index (κ1) is 22.4. The van der Waals surface area contributed by atoms with E-state index in [4.69, 9.17) is 0 Å². The Morgan fingerprint density at radius 3 is 2.87 bits per heavy atom. The van der Waals surface area contributed by atoms with Gasteiger partial charge >= 0.3 is 0 Å². The largest absolute Gasteiger partial charge is 0.362 e. The van der Waals surface area contributed by atoms with Gasteiger partial charge in [-0.25, -0.2) is 4.98 Å². The molecule has 1 aliphatic rings. The monoisotopic (exact) mass is 448 g/mol. The van der Waals surface area contributed by atoms with Crippen molar-refractivity contribution in [1.82, 2.24) is 9.88 Å². The number of likely N-dealkylation sites (tertiary alicyclic amines) is 1. The van der Waals surface area contributed by atoms with Crippen molar-refractivity contribution in [2.24, 2.45) is 4.40 Å². The number of carbonyl (C=O) groups excluding carboxylic acids is 1. The Hall–Kier alpha value is -2.26. The van der Waals surface area contributed by atoms with E-state index in [1.54, 1.807) is 12.1 Å². The zero-order valence-corrected chi connectivity index (χ0v) is 19.3. The van der Waals surface area contributed by atoms with E-state index in [1.165, 1.54) is 23.5 Å². The van der Waals surface area contributed by atoms with Crippen LogP contribution in [-0.4, -0.2) is 43.6 Å². The number of nitrogens with zero attached hydrogens (tertiary/aromatic N) is 3. The third-order valence-electron chi connectivity index (χ3n) is 4.96. The number of thiazole rings is 1. The van der Waals surface area contributed by atoms with Crippen LogP contribution in [0.2, 0.25) is 0 Å². The molecule has 0 aliphatic carbocycles. The molecule has 1 aromatic carbocycles. The lowest BCUT2D eigenvalue weighted by atomic mass is 10.2. The van der Waals surface area contributed by atoms with Crippen molar-refractivity contribution < 1.29 is 13.2 Å². The van der Waals surface area contributed by atoms with Gasteiger partial charge in [0.05, 0.1) is 15.6 Å². The van der Waals surface area contributed by atoms with Crippen molar-refractivity contribution in [2.45, 2.75) is 57.3 Å². The molecule has 0 radical (unpaired) electrons.